The fourth-order valence-corrected chi connectivity index (χ4v) is 2.49. The molecule has 0 amide bonds. The summed E-state index contributed by atoms with van der Waals surface area (Å²) in [6.07, 6.45) is 0. The van der Waals surface area contributed by atoms with Crippen LogP contribution in [0.25, 0.3) is 0 Å². The zero-order valence-corrected chi connectivity index (χ0v) is 10.7. The third-order valence-electron chi connectivity index (χ3n) is 2.35. The van der Waals surface area contributed by atoms with Gasteiger partial charge in [-0.25, -0.2) is 4.98 Å². The van der Waals surface area contributed by atoms with Gasteiger partial charge in [-0.2, -0.15) is 0 Å². The summed E-state index contributed by atoms with van der Waals surface area (Å²) >= 11 is 1.73. The molecule has 0 radical (unpaired) electrons. The smallest absolute Gasteiger partial charge is 0.112 e. The van der Waals surface area contributed by atoms with Crippen molar-refractivity contribution in [2.24, 2.45) is 0 Å². The Morgan fingerprint density at radius 3 is 2.93 bits per heavy atom. The molecular formula is C10H17ClN2OS. The van der Waals surface area contributed by atoms with E-state index in [0.29, 0.717) is 12.0 Å². The second-order valence-electron chi connectivity index (χ2n) is 3.85. The number of thiazole rings is 1. The first-order valence-electron chi connectivity index (χ1n) is 5.04. The topological polar surface area (TPSA) is 34.1 Å². The molecule has 0 aliphatic carbocycles. The van der Waals surface area contributed by atoms with Crippen molar-refractivity contribution in [3.63, 3.8) is 0 Å². The Kier molecular flexibility index (Phi) is 4.99. The molecule has 3 nitrogen and oxygen atoms in total. The summed E-state index contributed by atoms with van der Waals surface area (Å²) in [4.78, 5) is 4.61. The van der Waals surface area contributed by atoms with E-state index in [9.17, 15) is 0 Å². The summed E-state index contributed by atoms with van der Waals surface area (Å²) in [6, 6.07) is 0.307. The number of rotatable bonds is 2. The standard InChI is InChI=1S/C10H16N2OS.ClH/c1-7(2)9-6-14-10(12-9)8-5-13-4-3-11-8;/h6-8,11H,3-5H2,1-2H3;1H. The van der Waals surface area contributed by atoms with Gasteiger partial charge >= 0.3 is 0 Å². The van der Waals surface area contributed by atoms with Crippen LogP contribution >= 0.6 is 23.7 Å². The zero-order valence-electron chi connectivity index (χ0n) is 9.03. The summed E-state index contributed by atoms with van der Waals surface area (Å²) in [7, 11) is 0. The maximum atomic E-state index is 5.41. The quantitative estimate of drug-likeness (QED) is 0.873. The number of nitrogens with one attached hydrogen (secondary N) is 1. The fraction of sp³-hybridized carbons (Fsp3) is 0.700. The van der Waals surface area contributed by atoms with Crippen LogP contribution in [0.3, 0.4) is 0 Å². The number of halogens is 1. The molecule has 1 aliphatic heterocycles. The van der Waals surface area contributed by atoms with E-state index in [1.165, 1.54) is 5.69 Å². The zero-order chi connectivity index (χ0) is 9.97. The molecule has 1 unspecified atom stereocenters. The van der Waals surface area contributed by atoms with E-state index in [0.717, 1.165) is 24.8 Å². The highest BCUT2D eigenvalue weighted by Crippen LogP contribution is 2.23. The van der Waals surface area contributed by atoms with Crippen LogP contribution < -0.4 is 5.32 Å². The van der Waals surface area contributed by atoms with Crippen molar-refractivity contribution < 1.29 is 4.74 Å². The van der Waals surface area contributed by atoms with Crippen molar-refractivity contribution in [1.29, 1.82) is 0 Å². The van der Waals surface area contributed by atoms with E-state index >= 15 is 0 Å². The van der Waals surface area contributed by atoms with Gasteiger partial charge in [0.15, 0.2) is 0 Å². The monoisotopic (exact) mass is 248 g/mol. The Balaban J connectivity index is 0.00000112. The number of nitrogens with zero attached hydrogens (tertiary/aromatic N) is 1. The number of hydrogen-bond donors (Lipinski definition) is 1. The van der Waals surface area contributed by atoms with E-state index in [4.69, 9.17) is 4.74 Å². The van der Waals surface area contributed by atoms with Crippen LogP contribution in [0.4, 0.5) is 0 Å². The second-order valence-corrected chi connectivity index (χ2v) is 4.74. The van der Waals surface area contributed by atoms with Gasteiger partial charge in [-0.15, -0.1) is 23.7 Å². The maximum Gasteiger partial charge on any atom is 0.112 e. The van der Waals surface area contributed by atoms with Crippen molar-refractivity contribution in [2.45, 2.75) is 25.8 Å². The Labute approximate surface area is 101 Å². The predicted molar refractivity (Wildman–Crippen MR) is 65.0 cm³/mol. The molecule has 86 valence electrons. The minimum absolute atomic E-state index is 0. The van der Waals surface area contributed by atoms with Gasteiger partial charge in [-0.05, 0) is 5.92 Å². The molecule has 1 fully saturated rings. The Morgan fingerprint density at radius 1 is 1.60 bits per heavy atom. The van der Waals surface area contributed by atoms with Crippen molar-refractivity contribution >= 4 is 23.7 Å². The summed E-state index contributed by atoms with van der Waals surface area (Å²) in [5.41, 5.74) is 1.19. The van der Waals surface area contributed by atoms with Gasteiger partial charge in [0.2, 0.25) is 0 Å². The molecule has 1 aromatic heterocycles. The number of ether oxygens (including phenoxy) is 1. The lowest BCUT2D eigenvalue weighted by Gasteiger charge is -2.21. The number of aromatic nitrogens is 1. The molecule has 1 saturated heterocycles. The molecule has 2 heterocycles. The molecule has 1 N–H and O–H groups in total. The first kappa shape index (κ1) is 12.9. The summed E-state index contributed by atoms with van der Waals surface area (Å²) < 4.78 is 5.41. The molecule has 0 aromatic carbocycles. The molecule has 1 atom stereocenters. The molecule has 0 spiro atoms. The van der Waals surface area contributed by atoms with Crippen LogP contribution in [-0.4, -0.2) is 24.7 Å². The first-order valence-corrected chi connectivity index (χ1v) is 5.92. The van der Waals surface area contributed by atoms with Crippen molar-refractivity contribution in [2.75, 3.05) is 19.8 Å². The first-order chi connectivity index (χ1) is 6.77. The lowest BCUT2D eigenvalue weighted by atomic mass is 10.2. The maximum absolute atomic E-state index is 5.41. The highest BCUT2D eigenvalue weighted by atomic mass is 35.5. The second kappa shape index (κ2) is 5.80. The van der Waals surface area contributed by atoms with Crippen LogP contribution in [-0.2, 0) is 4.74 Å². The van der Waals surface area contributed by atoms with Crippen LogP contribution in [0.5, 0.6) is 0 Å². The highest BCUT2D eigenvalue weighted by molar-refractivity contribution is 7.09. The average molecular weight is 249 g/mol. The fourth-order valence-electron chi connectivity index (χ4n) is 1.45. The lowest BCUT2D eigenvalue weighted by molar-refractivity contribution is 0.0767. The van der Waals surface area contributed by atoms with Crippen LogP contribution in [0, 0.1) is 0 Å². The molecule has 15 heavy (non-hydrogen) atoms. The molecule has 1 aromatic rings. The van der Waals surface area contributed by atoms with Crippen LogP contribution in [0.15, 0.2) is 5.38 Å². The van der Waals surface area contributed by atoms with Crippen LogP contribution in [0.2, 0.25) is 0 Å². The summed E-state index contributed by atoms with van der Waals surface area (Å²) in [5, 5.41) is 6.72. The third-order valence-corrected chi connectivity index (χ3v) is 3.33. The van der Waals surface area contributed by atoms with Gasteiger partial charge < -0.3 is 10.1 Å². The normalized spacial score (nSPS) is 21.4. The van der Waals surface area contributed by atoms with E-state index < -0.39 is 0 Å². The van der Waals surface area contributed by atoms with Gasteiger partial charge in [0.1, 0.15) is 5.01 Å². The Hall–Kier alpha value is -0.160. The molecular weight excluding hydrogens is 232 g/mol. The lowest BCUT2D eigenvalue weighted by Crippen LogP contribution is -2.34. The van der Waals surface area contributed by atoms with E-state index in [1.54, 1.807) is 11.3 Å². The molecule has 1 aliphatic rings. The molecule has 5 heteroatoms. The minimum atomic E-state index is 0. The third kappa shape index (κ3) is 3.14. The van der Waals surface area contributed by atoms with Gasteiger partial charge in [0, 0.05) is 11.9 Å². The molecule has 2 rings (SSSR count). The van der Waals surface area contributed by atoms with Gasteiger partial charge in [-0.3, -0.25) is 0 Å². The largest absolute Gasteiger partial charge is 0.378 e. The van der Waals surface area contributed by atoms with E-state index in [1.807, 2.05) is 0 Å². The van der Waals surface area contributed by atoms with Gasteiger partial charge in [-0.1, -0.05) is 13.8 Å². The Morgan fingerprint density at radius 2 is 2.40 bits per heavy atom. The molecule has 0 saturated carbocycles. The molecule has 0 bridgehead atoms. The van der Waals surface area contributed by atoms with Crippen molar-refractivity contribution in [3.8, 4) is 0 Å². The SMILES string of the molecule is CC(C)c1csc(C2COCCN2)n1.Cl. The van der Waals surface area contributed by atoms with Crippen LogP contribution in [0.1, 0.15) is 36.5 Å². The number of morpholine rings is 1. The van der Waals surface area contributed by atoms with E-state index in [2.05, 4.69) is 29.5 Å². The highest BCUT2D eigenvalue weighted by Gasteiger charge is 2.18. The minimum Gasteiger partial charge on any atom is -0.378 e. The van der Waals surface area contributed by atoms with E-state index in [-0.39, 0.29) is 12.4 Å². The number of hydrogen-bond acceptors (Lipinski definition) is 4. The Bertz CT molecular complexity index is 297. The van der Waals surface area contributed by atoms with Gasteiger partial charge in [0.05, 0.1) is 24.9 Å². The van der Waals surface area contributed by atoms with Crippen molar-refractivity contribution in [1.82, 2.24) is 10.3 Å². The summed E-state index contributed by atoms with van der Waals surface area (Å²) in [6.45, 7) is 6.85. The average Bonchev–Trinajstić information content (AvgIpc) is 2.68. The van der Waals surface area contributed by atoms with Crippen molar-refractivity contribution in [3.05, 3.63) is 16.1 Å². The predicted octanol–water partition coefficient (Wildman–Crippen LogP) is 2.35. The van der Waals surface area contributed by atoms with Gasteiger partial charge in [0.25, 0.3) is 0 Å². The summed E-state index contributed by atoms with van der Waals surface area (Å²) in [5.74, 6) is 0.518.